The summed E-state index contributed by atoms with van der Waals surface area (Å²) in [6.07, 6.45) is 1.37. The first-order valence-electron chi connectivity index (χ1n) is 7.82. The summed E-state index contributed by atoms with van der Waals surface area (Å²) in [7, 11) is 0. The van der Waals surface area contributed by atoms with Crippen molar-refractivity contribution in [2.45, 2.75) is 26.7 Å². The molecule has 0 aliphatic carbocycles. The largest absolute Gasteiger partial charge is 0.385 e. The standard InChI is InChI=1S/C19H22N2O2/c1-3-15-4-8-18(9-5-15)21-19(23)12-13-20-17-10-6-16(7-11-17)14(2)22/h4-11,20H,3,12-13H2,1-2H3,(H,21,23). The van der Waals surface area contributed by atoms with Gasteiger partial charge in [0, 0.05) is 29.9 Å². The molecule has 0 aromatic heterocycles. The number of Topliss-reactive ketones (excluding diaryl/α,β-unsaturated/α-hetero) is 1. The van der Waals surface area contributed by atoms with Crippen molar-refractivity contribution in [3.8, 4) is 0 Å². The van der Waals surface area contributed by atoms with Crippen LogP contribution in [0.5, 0.6) is 0 Å². The number of amides is 1. The van der Waals surface area contributed by atoms with Gasteiger partial charge < -0.3 is 10.6 Å². The average Bonchev–Trinajstić information content (AvgIpc) is 2.56. The molecule has 0 saturated heterocycles. The van der Waals surface area contributed by atoms with E-state index in [1.807, 2.05) is 36.4 Å². The fourth-order valence-electron chi connectivity index (χ4n) is 2.19. The average molecular weight is 310 g/mol. The minimum Gasteiger partial charge on any atom is -0.385 e. The summed E-state index contributed by atoms with van der Waals surface area (Å²) in [4.78, 5) is 23.1. The molecule has 2 N–H and O–H groups in total. The van der Waals surface area contributed by atoms with E-state index in [9.17, 15) is 9.59 Å². The molecule has 0 spiro atoms. The molecule has 0 unspecified atom stereocenters. The zero-order valence-electron chi connectivity index (χ0n) is 13.6. The van der Waals surface area contributed by atoms with Gasteiger partial charge in [-0.05, 0) is 55.3 Å². The van der Waals surface area contributed by atoms with Crippen LogP contribution in [0.1, 0.15) is 36.2 Å². The van der Waals surface area contributed by atoms with E-state index in [4.69, 9.17) is 0 Å². The molecule has 4 nitrogen and oxygen atoms in total. The number of nitrogens with one attached hydrogen (secondary N) is 2. The van der Waals surface area contributed by atoms with Crippen molar-refractivity contribution in [1.29, 1.82) is 0 Å². The summed E-state index contributed by atoms with van der Waals surface area (Å²) in [6.45, 7) is 4.18. The fraction of sp³-hybridized carbons (Fsp3) is 0.263. The normalized spacial score (nSPS) is 10.2. The van der Waals surface area contributed by atoms with E-state index in [-0.39, 0.29) is 11.7 Å². The maximum Gasteiger partial charge on any atom is 0.226 e. The summed E-state index contributed by atoms with van der Waals surface area (Å²) in [5, 5.41) is 6.05. The second-order valence-corrected chi connectivity index (χ2v) is 5.41. The van der Waals surface area contributed by atoms with Gasteiger partial charge in [-0.25, -0.2) is 0 Å². The maximum atomic E-state index is 11.9. The van der Waals surface area contributed by atoms with Crippen LogP contribution in [-0.2, 0) is 11.2 Å². The first kappa shape index (κ1) is 16.7. The molecule has 2 rings (SSSR count). The topological polar surface area (TPSA) is 58.2 Å². The Labute approximate surface area is 136 Å². The van der Waals surface area contributed by atoms with Gasteiger partial charge in [-0.3, -0.25) is 9.59 Å². The fourth-order valence-corrected chi connectivity index (χ4v) is 2.19. The van der Waals surface area contributed by atoms with Crippen molar-refractivity contribution >= 4 is 23.1 Å². The molecule has 0 aliphatic heterocycles. The van der Waals surface area contributed by atoms with E-state index in [0.717, 1.165) is 17.8 Å². The van der Waals surface area contributed by atoms with Gasteiger partial charge in [0.05, 0.1) is 0 Å². The molecule has 0 atom stereocenters. The smallest absolute Gasteiger partial charge is 0.226 e. The van der Waals surface area contributed by atoms with Gasteiger partial charge in [0.2, 0.25) is 5.91 Å². The Morgan fingerprint density at radius 2 is 1.52 bits per heavy atom. The Hall–Kier alpha value is -2.62. The summed E-state index contributed by atoms with van der Waals surface area (Å²) < 4.78 is 0. The van der Waals surface area contributed by atoms with Crippen LogP contribution in [-0.4, -0.2) is 18.2 Å². The molecular formula is C19H22N2O2. The van der Waals surface area contributed by atoms with Crippen LogP contribution in [0, 0.1) is 0 Å². The predicted octanol–water partition coefficient (Wildman–Crippen LogP) is 3.89. The van der Waals surface area contributed by atoms with Crippen LogP contribution in [0.2, 0.25) is 0 Å². The van der Waals surface area contributed by atoms with E-state index < -0.39 is 0 Å². The van der Waals surface area contributed by atoms with Crippen molar-refractivity contribution in [3.63, 3.8) is 0 Å². The number of carbonyl (C=O) groups is 2. The van der Waals surface area contributed by atoms with Gasteiger partial charge >= 0.3 is 0 Å². The Morgan fingerprint density at radius 3 is 2.09 bits per heavy atom. The van der Waals surface area contributed by atoms with Gasteiger partial charge in [0.25, 0.3) is 0 Å². The first-order valence-corrected chi connectivity index (χ1v) is 7.82. The molecule has 0 aliphatic rings. The van der Waals surface area contributed by atoms with Gasteiger partial charge in [0.15, 0.2) is 5.78 Å². The zero-order chi connectivity index (χ0) is 16.7. The Balaban J connectivity index is 1.76. The lowest BCUT2D eigenvalue weighted by Gasteiger charge is -2.08. The monoisotopic (exact) mass is 310 g/mol. The number of carbonyl (C=O) groups excluding carboxylic acids is 2. The lowest BCUT2D eigenvalue weighted by Crippen LogP contribution is -2.16. The van der Waals surface area contributed by atoms with Crippen molar-refractivity contribution in [3.05, 3.63) is 59.7 Å². The summed E-state index contributed by atoms with van der Waals surface area (Å²) in [6, 6.07) is 15.1. The number of benzene rings is 2. The Morgan fingerprint density at radius 1 is 0.913 bits per heavy atom. The summed E-state index contributed by atoms with van der Waals surface area (Å²) in [5.41, 5.74) is 3.65. The highest BCUT2D eigenvalue weighted by molar-refractivity contribution is 5.94. The van der Waals surface area contributed by atoms with Crippen LogP contribution >= 0.6 is 0 Å². The molecule has 4 heteroatoms. The van der Waals surface area contributed by atoms with E-state index >= 15 is 0 Å². The molecular weight excluding hydrogens is 288 g/mol. The molecule has 0 saturated carbocycles. The lowest BCUT2D eigenvalue weighted by molar-refractivity contribution is -0.115. The van der Waals surface area contributed by atoms with Crippen molar-refractivity contribution in [2.75, 3.05) is 17.2 Å². The quantitative estimate of drug-likeness (QED) is 0.763. The number of hydrogen-bond donors (Lipinski definition) is 2. The summed E-state index contributed by atoms with van der Waals surface area (Å²) in [5.74, 6) is 0.0205. The van der Waals surface area contributed by atoms with Crippen LogP contribution in [0.25, 0.3) is 0 Å². The molecule has 0 fully saturated rings. The second-order valence-electron chi connectivity index (χ2n) is 5.41. The van der Waals surface area contributed by atoms with E-state index in [1.165, 1.54) is 5.56 Å². The molecule has 0 radical (unpaired) electrons. The van der Waals surface area contributed by atoms with Gasteiger partial charge in [-0.15, -0.1) is 0 Å². The number of hydrogen-bond acceptors (Lipinski definition) is 3. The molecule has 2 aromatic rings. The van der Waals surface area contributed by atoms with E-state index in [0.29, 0.717) is 18.5 Å². The highest BCUT2D eigenvalue weighted by Gasteiger charge is 2.03. The lowest BCUT2D eigenvalue weighted by atomic mass is 10.1. The zero-order valence-corrected chi connectivity index (χ0v) is 13.6. The minimum atomic E-state index is -0.0258. The molecule has 0 bridgehead atoms. The molecule has 2 aromatic carbocycles. The number of anilines is 2. The first-order chi connectivity index (χ1) is 11.1. The SMILES string of the molecule is CCc1ccc(NC(=O)CCNc2ccc(C(C)=O)cc2)cc1. The minimum absolute atomic E-state index is 0.0258. The number of ketones is 1. The number of rotatable bonds is 7. The van der Waals surface area contributed by atoms with Crippen LogP contribution in [0.3, 0.4) is 0 Å². The highest BCUT2D eigenvalue weighted by Crippen LogP contribution is 2.12. The Bertz CT molecular complexity index is 661. The highest BCUT2D eigenvalue weighted by atomic mass is 16.1. The van der Waals surface area contributed by atoms with Gasteiger partial charge in [-0.1, -0.05) is 19.1 Å². The van der Waals surface area contributed by atoms with Crippen molar-refractivity contribution in [1.82, 2.24) is 0 Å². The Kier molecular flexibility index (Phi) is 5.92. The third-order valence-corrected chi connectivity index (χ3v) is 3.62. The van der Waals surface area contributed by atoms with Crippen molar-refractivity contribution < 1.29 is 9.59 Å². The van der Waals surface area contributed by atoms with E-state index in [1.54, 1.807) is 19.1 Å². The molecule has 1 amide bonds. The van der Waals surface area contributed by atoms with Crippen molar-refractivity contribution in [2.24, 2.45) is 0 Å². The van der Waals surface area contributed by atoms with E-state index in [2.05, 4.69) is 17.6 Å². The van der Waals surface area contributed by atoms with Crippen LogP contribution in [0.15, 0.2) is 48.5 Å². The third kappa shape index (κ3) is 5.25. The second kappa shape index (κ2) is 8.13. The molecule has 0 heterocycles. The van der Waals surface area contributed by atoms with Gasteiger partial charge in [0.1, 0.15) is 0 Å². The summed E-state index contributed by atoms with van der Waals surface area (Å²) >= 11 is 0. The predicted molar refractivity (Wildman–Crippen MR) is 94.0 cm³/mol. The van der Waals surface area contributed by atoms with Gasteiger partial charge in [-0.2, -0.15) is 0 Å². The number of aryl methyl sites for hydroxylation is 1. The molecule has 23 heavy (non-hydrogen) atoms. The third-order valence-electron chi connectivity index (χ3n) is 3.62. The van der Waals surface area contributed by atoms with Crippen LogP contribution < -0.4 is 10.6 Å². The molecule has 120 valence electrons. The van der Waals surface area contributed by atoms with Crippen LogP contribution in [0.4, 0.5) is 11.4 Å². The maximum absolute atomic E-state index is 11.9.